The lowest BCUT2D eigenvalue weighted by atomic mass is 10.1. The van der Waals surface area contributed by atoms with E-state index >= 15 is 0 Å². The molecule has 1 aliphatic heterocycles. The number of hydrogen-bond acceptors (Lipinski definition) is 2. The zero-order valence-corrected chi connectivity index (χ0v) is 13.5. The van der Waals surface area contributed by atoms with Gasteiger partial charge in [-0.15, -0.1) is 0 Å². The Bertz CT molecular complexity index is 698. The molecule has 1 N–H and O–H groups in total. The van der Waals surface area contributed by atoms with Crippen LogP contribution in [-0.2, 0) is 13.1 Å². The predicted molar refractivity (Wildman–Crippen MR) is 88.3 cm³/mol. The second-order valence-electron chi connectivity index (χ2n) is 5.74. The number of hydrogen-bond donors (Lipinski definition) is 1. The molecule has 116 valence electrons. The van der Waals surface area contributed by atoms with Crippen LogP contribution in [0.3, 0.4) is 0 Å². The van der Waals surface area contributed by atoms with E-state index in [0.29, 0.717) is 6.54 Å². The van der Waals surface area contributed by atoms with Crippen molar-refractivity contribution in [2.75, 3.05) is 13.1 Å². The number of carbonyl (C=O) groups excluding carboxylic acids is 1. The quantitative estimate of drug-likeness (QED) is 0.942. The van der Waals surface area contributed by atoms with Gasteiger partial charge in [0.1, 0.15) is 0 Å². The summed E-state index contributed by atoms with van der Waals surface area (Å²) in [4.78, 5) is 14.6. The summed E-state index contributed by atoms with van der Waals surface area (Å²) in [6.45, 7) is 10.1. The van der Waals surface area contributed by atoms with Crippen LogP contribution >= 0.6 is 0 Å². The number of aromatic nitrogens is 1. The molecule has 0 aliphatic carbocycles. The Hall–Kier alpha value is -2.07. The largest absolute Gasteiger partial charge is 0.346 e. The molecule has 3 rings (SSSR count). The van der Waals surface area contributed by atoms with E-state index in [9.17, 15) is 4.79 Å². The Balaban J connectivity index is 2.09. The summed E-state index contributed by atoms with van der Waals surface area (Å²) >= 11 is 0. The summed E-state index contributed by atoms with van der Waals surface area (Å²) in [5.74, 6) is 0.00370. The van der Waals surface area contributed by atoms with Gasteiger partial charge in [0.15, 0.2) is 0 Å². The first-order valence-electron chi connectivity index (χ1n) is 7.95. The molecule has 0 atom stereocenters. The van der Waals surface area contributed by atoms with Crippen molar-refractivity contribution in [1.82, 2.24) is 14.8 Å². The van der Waals surface area contributed by atoms with Crippen LogP contribution in [0.5, 0.6) is 0 Å². The van der Waals surface area contributed by atoms with Gasteiger partial charge in [-0.3, -0.25) is 9.69 Å². The van der Waals surface area contributed by atoms with Crippen LogP contribution in [0.25, 0.3) is 5.69 Å². The highest BCUT2D eigenvalue weighted by molar-refractivity contribution is 5.98. The molecule has 4 nitrogen and oxygen atoms in total. The van der Waals surface area contributed by atoms with Crippen LogP contribution < -0.4 is 5.32 Å². The van der Waals surface area contributed by atoms with Gasteiger partial charge in [0.05, 0.1) is 17.8 Å². The molecule has 2 aromatic rings. The smallest absolute Gasteiger partial charge is 0.253 e. The van der Waals surface area contributed by atoms with Gasteiger partial charge in [-0.1, -0.05) is 26.0 Å². The molecule has 0 bridgehead atoms. The Morgan fingerprint density at radius 1 is 1.23 bits per heavy atom. The first-order chi connectivity index (χ1) is 10.7. The summed E-state index contributed by atoms with van der Waals surface area (Å²) in [7, 11) is 0. The Morgan fingerprint density at radius 2 is 1.95 bits per heavy atom. The molecule has 2 heterocycles. The van der Waals surface area contributed by atoms with Gasteiger partial charge >= 0.3 is 0 Å². The Kier molecular flexibility index (Phi) is 4.03. The Morgan fingerprint density at radius 3 is 2.68 bits per heavy atom. The number of fused-ring (bicyclic) bond motifs is 3. The summed E-state index contributed by atoms with van der Waals surface area (Å²) in [6.07, 6.45) is 0. The number of nitrogens with zero attached hydrogens (tertiary/aromatic N) is 2. The van der Waals surface area contributed by atoms with Gasteiger partial charge < -0.3 is 9.88 Å². The van der Waals surface area contributed by atoms with E-state index in [2.05, 4.69) is 41.6 Å². The van der Waals surface area contributed by atoms with Crippen LogP contribution in [0.15, 0.2) is 30.3 Å². The molecule has 4 heteroatoms. The minimum absolute atomic E-state index is 0.00370. The van der Waals surface area contributed by atoms with Crippen LogP contribution in [0, 0.1) is 6.92 Å². The fraction of sp³-hybridized carbons (Fsp3) is 0.389. The topological polar surface area (TPSA) is 37.3 Å². The normalized spacial score (nSPS) is 13.5. The molecule has 0 unspecified atom stereocenters. The van der Waals surface area contributed by atoms with Crippen molar-refractivity contribution in [1.29, 1.82) is 0 Å². The lowest BCUT2D eigenvalue weighted by Crippen LogP contribution is -2.22. The molecule has 0 spiro atoms. The van der Waals surface area contributed by atoms with E-state index in [1.165, 1.54) is 11.3 Å². The summed E-state index contributed by atoms with van der Waals surface area (Å²) in [6, 6.07) is 10.1. The van der Waals surface area contributed by atoms with Gasteiger partial charge in [0.2, 0.25) is 0 Å². The standard InChI is InChI=1S/C18H23N3O/c1-4-20(5-2)12-14-10-15-11-19-18(22)16-8-6-7-9-17(16)21(15)13(14)3/h6-10H,4-5,11-12H2,1-3H3,(H,19,22). The van der Waals surface area contributed by atoms with E-state index in [0.717, 1.165) is 36.6 Å². The predicted octanol–water partition coefficient (Wildman–Crippen LogP) is 2.87. The number of para-hydroxylation sites is 1. The maximum atomic E-state index is 12.2. The third-order valence-corrected chi connectivity index (χ3v) is 4.54. The van der Waals surface area contributed by atoms with Crippen molar-refractivity contribution in [3.8, 4) is 5.69 Å². The minimum atomic E-state index is 0.00370. The lowest BCUT2D eigenvalue weighted by molar-refractivity contribution is 0.0953. The number of amides is 1. The fourth-order valence-electron chi connectivity index (χ4n) is 3.17. The molecule has 0 saturated heterocycles. The number of benzene rings is 1. The third-order valence-electron chi connectivity index (χ3n) is 4.54. The molecule has 0 radical (unpaired) electrons. The van der Waals surface area contributed by atoms with Gasteiger partial charge in [0, 0.05) is 17.9 Å². The summed E-state index contributed by atoms with van der Waals surface area (Å²) in [5, 5.41) is 3.01. The maximum absolute atomic E-state index is 12.2. The second kappa shape index (κ2) is 5.97. The SMILES string of the molecule is CCN(CC)Cc1cc2n(c1C)-c1ccccc1C(=O)NC2. The highest BCUT2D eigenvalue weighted by Gasteiger charge is 2.22. The third kappa shape index (κ3) is 2.44. The lowest BCUT2D eigenvalue weighted by Gasteiger charge is -2.18. The van der Waals surface area contributed by atoms with Gasteiger partial charge in [0.25, 0.3) is 5.91 Å². The number of carbonyl (C=O) groups is 1. The molecular weight excluding hydrogens is 274 g/mol. The number of nitrogens with one attached hydrogen (secondary N) is 1. The van der Waals surface area contributed by atoms with Crippen LogP contribution in [0.2, 0.25) is 0 Å². The molecule has 1 aromatic heterocycles. The molecular formula is C18H23N3O. The highest BCUT2D eigenvalue weighted by atomic mass is 16.1. The van der Waals surface area contributed by atoms with E-state index < -0.39 is 0 Å². The molecule has 0 fully saturated rings. The zero-order chi connectivity index (χ0) is 15.7. The van der Waals surface area contributed by atoms with Crippen LogP contribution in [0.4, 0.5) is 0 Å². The van der Waals surface area contributed by atoms with E-state index in [1.54, 1.807) is 0 Å². The van der Waals surface area contributed by atoms with Gasteiger partial charge in [-0.2, -0.15) is 0 Å². The fourth-order valence-corrected chi connectivity index (χ4v) is 3.17. The summed E-state index contributed by atoms with van der Waals surface area (Å²) in [5.41, 5.74) is 5.44. The first kappa shape index (κ1) is 14.9. The summed E-state index contributed by atoms with van der Waals surface area (Å²) < 4.78 is 2.23. The van der Waals surface area contributed by atoms with Crippen LogP contribution in [-0.4, -0.2) is 28.5 Å². The van der Waals surface area contributed by atoms with Crippen molar-refractivity contribution < 1.29 is 4.79 Å². The molecule has 1 aliphatic rings. The maximum Gasteiger partial charge on any atom is 0.253 e. The van der Waals surface area contributed by atoms with Gasteiger partial charge in [-0.25, -0.2) is 0 Å². The second-order valence-corrected chi connectivity index (χ2v) is 5.74. The Labute approximate surface area is 131 Å². The molecule has 1 aromatic carbocycles. The number of rotatable bonds is 4. The minimum Gasteiger partial charge on any atom is -0.346 e. The van der Waals surface area contributed by atoms with Crippen molar-refractivity contribution >= 4 is 5.91 Å². The van der Waals surface area contributed by atoms with Gasteiger partial charge in [-0.05, 0) is 43.8 Å². The van der Waals surface area contributed by atoms with E-state index in [-0.39, 0.29) is 5.91 Å². The van der Waals surface area contributed by atoms with Crippen molar-refractivity contribution in [2.24, 2.45) is 0 Å². The monoisotopic (exact) mass is 297 g/mol. The van der Waals surface area contributed by atoms with Crippen molar-refractivity contribution in [3.05, 3.63) is 52.8 Å². The average Bonchev–Trinajstić information content (AvgIpc) is 2.77. The molecule has 1 amide bonds. The zero-order valence-electron chi connectivity index (χ0n) is 13.5. The average molecular weight is 297 g/mol. The van der Waals surface area contributed by atoms with E-state index in [4.69, 9.17) is 0 Å². The first-order valence-corrected chi connectivity index (χ1v) is 7.95. The van der Waals surface area contributed by atoms with Crippen molar-refractivity contribution in [3.63, 3.8) is 0 Å². The van der Waals surface area contributed by atoms with Crippen molar-refractivity contribution in [2.45, 2.75) is 33.9 Å². The molecule has 0 saturated carbocycles. The van der Waals surface area contributed by atoms with Crippen LogP contribution in [0.1, 0.15) is 41.2 Å². The molecule has 22 heavy (non-hydrogen) atoms. The highest BCUT2D eigenvalue weighted by Crippen LogP contribution is 2.27. The van der Waals surface area contributed by atoms with E-state index in [1.807, 2.05) is 24.3 Å².